The van der Waals surface area contributed by atoms with Crippen LogP contribution in [0.25, 0.3) is 0 Å². The maximum atomic E-state index is 13.0. The number of benzene rings is 3. The minimum absolute atomic E-state index is 0.0354. The molecule has 3 aromatic rings. The van der Waals surface area contributed by atoms with Crippen molar-refractivity contribution in [1.82, 2.24) is 5.32 Å². The molecule has 1 amide bonds. The first-order valence-electron chi connectivity index (χ1n) is 9.12. The zero-order valence-corrected chi connectivity index (χ0v) is 17.3. The van der Waals surface area contributed by atoms with Crippen LogP contribution in [0, 0.1) is 5.82 Å². The molecule has 7 nitrogen and oxygen atoms in total. The van der Waals surface area contributed by atoms with Gasteiger partial charge in [0.25, 0.3) is 15.9 Å². The van der Waals surface area contributed by atoms with E-state index in [0.717, 1.165) is 17.7 Å². The van der Waals surface area contributed by atoms with Crippen LogP contribution in [0.4, 0.5) is 10.1 Å². The van der Waals surface area contributed by atoms with Crippen LogP contribution >= 0.6 is 0 Å². The van der Waals surface area contributed by atoms with Gasteiger partial charge in [0.1, 0.15) is 5.82 Å². The van der Waals surface area contributed by atoms with E-state index in [1.807, 2.05) is 0 Å². The first kappa shape index (κ1) is 22.0. The molecular formula is C22H19FN2O5S. The van der Waals surface area contributed by atoms with Crippen molar-refractivity contribution >= 4 is 27.6 Å². The Bertz CT molecular complexity index is 1180. The number of methoxy groups -OCH3 is 1. The Kier molecular flexibility index (Phi) is 6.66. The third-order valence-corrected chi connectivity index (χ3v) is 5.75. The topological polar surface area (TPSA) is 102 Å². The summed E-state index contributed by atoms with van der Waals surface area (Å²) in [6, 6.07) is 16.9. The van der Waals surface area contributed by atoms with Gasteiger partial charge >= 0.3 is 5.97 Å². The number of nitrogens with one attached hydrogen (secondary N) is 2. The van der Waals surface area contributed by atoms with E-state index in [1.54, 1.807) is 24.3 Å². The van der Waals surface area contributed by atoms with Gasteiger partial charge in [-0.1, -0.05) is 12.1 Å². The predicted molar refractivity (Wildman–Crippen MR) is 113 cm³/mol. The second-order valence-electron chi connectivity index (χ2n) is 6.51. The average molecular weight is 442 g/mol. The predicted octanol–water partition coefficient (Wildman–Crippen LogP) is 3.34. The largest absolute Gasteiger partial charge is 0.465 e. The number of amides is 1. The Morgan fingerprint density at radius 1 is 0.871 bits per heavy atom. The van der Waals surface area contributed by atoms with Crippen LogP contribution in [-0.2, 0) is 21.3 Å². The smallest absolute Gasteiger partial charge is 0.337 e. The number of carbonyl (C=O) groups is 2. The van der Waals surface area contributed by atoms with Gasteiger partial charge in [0.2, 0.25) is 0 Å². The number of hydrogen-bond acceptors (Lipinski definition) is 5. The lowest BCUT2D eigenvalue weighted by molar-refractivity contribution is 0.0600. The van der Waals surface area contributed by atoms with E-state index in [2.05, 4.69) is 14.8 Å². The molecule has 0 aromatic heterocycles. The Hall–Kier alpha value is -3.72. The van der Waals surface area contributed by atoms with Gasteiger partial charge in [0.15, 0.2) is 0 Å². The Morgan fingerprint density at radius 2 is 1.45 bits per heavy atom. The maximum absolute atomic E-state index is 13.0. The molecule has 0 aliphatic rings. The normalized spacial score (nSPS) is 10.9. The molecular weight excluding hydrogens is 423 g/mol. The molecule has 2 N–H and O–H groups in total. The molecule has 3 rings (SSSR count). The van der Waals surface area contributed by atoms with E-state index in [1.165, 1.54) is 43.5 Å². The number of ether oxygens (including phenoxy) is 1. The van der Waals surface area contributed by atoms with Crippen molar-refractivity contribution in [3.63, 3.8) is 0 Å². The van der Waals surface area contributed by atoms with E-state index in [9.17, 15) is 22.4 Å². The lowest BCUT2D eigenvalue weighted by Crippen LogP contribution is -2.23. The molecule has 9 heteroatoms. The summed E-state index contributed by atoms with van der Waals surface area (Å²) in [5.41, 5.74) is 1.70. The van der Waals surface area contributed by atoms with E-state index in [-0.39, 0.29) is 28.6 Å². The third kappa shape index (κ3) is 5.67. The zero-order chi connectivity index (χ0) is 22.4. The Morgan fingerprint density at radius 3 is 2.03 bits per heavy atom. The third-order valence-electron chi connectivity index (χ3n) is 4.35. The number of anilines is 1. The summed E-state index contributed by atoms with van der Waals surface area (Å²) in [4.78, 5) is 23.7. The van der Waals surface area contributed by atoms with Crippen molar-refractivity contribution in [1.29, 1.82) is 0 Å². The van der Waals surface area contributed by atoms with E-state index >= 15 is 0 Å². The summed E-state index contributed by atoms with van der Waals surface area (Å²) in [5.74, 6) is -1.30. The summed E-state index contributed by atoms with van der Waals surface area (Å²) in [5, 5.41) is 2.73. The quantitative estimate of drug-likeness (QED) is 0.547. The van der Waals surface area contributed by atoms with Crippen LogP contribution in [0.3, 0.4) is 0 Å². The molecule has 0 aliphatic heterocycles. The first-order chi connectivity index (χ1) is 14.8. The van der Waals surface area contributed by atoms with Crippen LogP contribution in [0.15, 0.2) is 77.7 Å². The summed E-state index contributed by atoms with van der Waals surface area (Å²) in [6.45, 7) is 0.229. The lowest BCUT2D eigenvalue weighted by Gasteiger charge is -2.09. The van der Waals surface area contributed by atoms with Gasteiger partial charge in [-0.3, -0.25) is 9.52 Å². The second-order valence-corrected chi connectivity index (χ2v) is 8.19. The molecule has 0 saturated heterocycles. The zero-order valence-electron chi connectivity index (χ0n) is 16.5. The van der Waals surface area contributed by atoms with E-state index in [4.69, 9.17) is 0 Å². The van der Waals surface area contributed by atoms with Crippen LogP contribution < -0.4 is 10.0 Å². The van der Waals surface area contributed by atoms with Crippen molar-refractivity contribution in [2.75, 3.05) is 11.8 Å². The molecule has 0 heterocycles. The minimum Gasteiger partial charge on any atom is -0.465 e. The molecule has 0 aliphatic carbocycles. The SMILES string of the molecule is COC(=O)c1ccc(CNC(=O)c2ccc(S(=O)(=O)Nc3ccc(F)cc3)cc2)cc1. The molecule has 0 unspecified atom stereocenters. The summed E-state index contributed by atoms with van der Waals surface area (Å²) >= 11 is 0. The Labute approximate surface area is 178 Å². The standard InChI is InChI=1S/C22H19FN2O5S/c1-30-22(27)17-4-2-15(3-5-17)14-24-21(26)16-6-12-20(13-7-16)31(28,29)25-19-10-8-18(23)9-11-19/h2-13,25H,14H2,1H3,(H,24,26). The summed E-state index contributed by atoms with van der Waals surface area (Å²) in [6.07, 6.45) is 0. The number of rotatable bonds is 7. The maximum Gasteiger partial charge on any atom is 0.337 e. The van der Waals surface area contributed by atoms with Crippen molar-refractivity contribution in [3.8, 4) is 0 Å². The van der Waals surface area contributed by atoms with Crippen LogP contribution in [-0.4, -0.2) is 27.4 Å². The Balaban J connectivity index is 1.61. The molecule has 31 heavy (non-hydrogen) atoms. The van der Waals surface area contributed by atoms with Crippen molar-refractivity contribution in [3.05, 3.63) is 95.3 Å². The molecule has 0 bridgehead atoms. The number of hydrogen-bond donors (Lipinski definition) is 2. The van der Waals surface area contributed by atoms with Gasteiger partial charge in [-0.25, -0.2) is 17.6 Å². The minimum atomic E-state index is -3.88. The van der Waals surface area contributed by atoms with Gasteiger partial charge in [0.05, 0.1) is 17.6 Å². The molecule has 3 aromatic carbocycles. The molecule has 0 spiro atoms. The fourth-order valence-electron chi connectivity index (χ4n) is 2.68. The number of carbonyl (C=O) groups excluding carboxylic acids is 2. The highest BCUT2D eigenvalue weighted by atomic mass is 32.2. The monoisotopic (exact) mass is 442 g/mol. The summed E-state index contributed by atoms with van der Waals surface area (Å²) < 4.78 is 44.8. The van der Waals surface area contributed by atoms with E-state index in [0.29, 0.717) is 5.56 Å². The van der Waals surface area contributed by atoms with Gasteiger partial charge in [-0.05, 0) is 66.2 Å². The van der Waals surface area contributed by atoms with Crippen molar-refractivity contribution in [2.24, 2.45) is 0 Å². The highest BCUT2D eigenvalue weighted by Gasteiger charge is 2.15. The highest BCUT2D eigenvalue weighted by molar-refractivity contribution is 7.92. The fourth-order valence-corrected chi connectivity index (χ4v) is 3.74. The van der Waals surface area contributed by atoms with Crippen molar-refractivity contribution in [2.45, 2.75) is 11.4 Å². The highest BCUT2D eigenvalue weighted by Crippen LogP contribution is 2.17. The van der Waals surface area contributed by atoms with Crippen LogP contribution in [0.1, 0.15) is 26.3 Å². The van der Waals surface area contributed by atoms with Gasteiger partial charge in [0, 0.05) is 17.8 Å². The van der Waals surface area contributed by atoms with Gasteiger partial charge in [-0.15, -0.1) is 0 Å². The fraction of sp³-hybridized carbons (Fsp3) is 0.0909. The number of sulfonamides is 1. The number of esters is 1. The average Bonchev–Trinajstić information content (AvgIpc) is 2.78. The van der Waals surface area contributed by atoms with E-state index < -0.39 is 21.8 Å². The van der Waals surface area contributed by atoms with Crippen molar-refractivity contribution < 1.29 is 27.1 Å². The van der Waals surface area contributed by atoms with Gasteiger partial charge < -0.3 is 10.1 Å². The van der Waals surface area contributed by atoms with Crippen LogP contribution in [0.5, 0.6) is 0 Å². The molecule has 0 saturated carbocycles. The van der Waals surface area contributed by atoms with Crippen LogP contribution in [0.2, 0.25) is 0 Å². The second kappa shape index (κ2) is 9.40. The lowest BCUT2D eigenvalue weighted by atomic mass is 10.1. The molecule has 160 valence electrons. The first-order valence-corrected chi connectivity index (χ1v) is 10.6. The molecule has 0 fully saturated rings. The molecule has 0 radical (unpaired) electrons. The summed E-state index contributed by atoms with van der Waals surface area (Å²) in [7, 11) is -2.58. The van der Waals surface area contributed by atoms with Gasteiger partial charge in [-0.2, -0.15) is 0 Å². The molecule has 0 atom stereocenters. The number of halogens is 1.